The molecule has 0 aliphatic carbocycles. The van der Waals surface area contributed by atoms with E-state index in [1.165, 1.54) is 16.7 Å². The van der Waals surface area contributed by atoms with Gasteiger partial charge in [0.15, 0.2) is 0 Å². The molecular weight excluding hydrogens is 416 g/mol. The zero-order chi connectivity index (χ0) is 23.7. The predicted octanol–water partition coefficient (Wildman–Crippen LogP) is 5.57. The summed E-state index contributed by atoms with van der Waals surface area (Å²) in [6.07, 6.45) is 1.45. The molecule has 0 saturated heterocycles. The Labute approximate surface area is 198 Å². The Morgan fingerprint density at radius 3 is 2.19 bits per heavy atom. The highest BCUT2D eigenvalue weighted by Crippen LogP contribution is 2.19. The number of carbonyl (C=O) groups is 2. The molecule has 0 aromatic heterocycles. The molecule has 2 aromatic rings. The molecule has 32 heavy (non-hydrogen) atoms. The summed E-state index contributed by atoms with van der Waals surface area (Å²) in [6.45, 7) is 12.7. The van der Waals surface area contributed by atoms with Crippen LogP contribution in [0.3, 0.4) is 0 Å². The van der Waals surface area contributed by atoms with Crippen LogP contribution in [-0.2, 0) is 21.9 Å². The maximum atomic E-state index is 13.3. The normalized spacial score (nSPS) is 12.8. The van der Waals surface area contributed by atoms with E-state index in [0.717, 1.165) is 23.3 Å². The van der Waals surface area contributed by atoms with E-state index < -0.39 is 6.04 Å². The monoisotopic (exact) mass is 454 g/mol. The summed E-state index contributed by atoms with van der Waals surface area (Å²) in [7, 11) is 0. The molecule has 5 heteroatoms. The smallest absolute Gasteiger partial charge is 0.243 e. The molecule has 0 heterocycles. The van der Waals surface area contributed by atoms with Crippen LogP contribution in [0.4, 0.5) is 0 Å². The van der Waals surface area contributed by atoms with E-state index in [4.69, 9.17) is 0 Å². The van der Waals surface area contributed by atoms with Crippen molar-refractivity contribution in [3.63, 3.8) is 0 Å². The Balaban J connectivity index is 2.15. The molecule has 2 rings (SSSR count). The Bertz CT molecular complexity index is 892. The second-order valence-corrected chi connectivity index (χ2v) is 9.73. The molecule has 2 atom stereocenters. The highest BCUT2D eigenvalue weighted by Gasteiger charge is 2.29. The lowest BCUT2D eigenvalue weighted by molar-refractivity contribution is -0.139. The number of carbonyl (C=O) groups excluding carboxylic acids is 2. The first-order valence-corrected chi connectivity index (χ1v) is 12.7. The fourth-order valence-electron chi connectivity index (χ4n) is 3.86. The molecule has 2 aromatic carbocycles. The van der Waals surface area contributed by atoms with Crippen molar-refractivity contribution in [1.82, 2.24) is 10.2 Å². The third-order valence-electron chi connectivity index (χ3n) is 5.60. The highest BCUT2D eigenvalue weighted by molar-refractivity contribution is 7.99. The summed E-state index contributed by atoms with van der Waals surface area (Å²) < 4.78 is 0. The number of amides is 2. The maximum absolute atomic E-state index is 13.3. The Kier molecular flexibility index (Phi) is 10.3. The topological polar surface area (TPSA) is 49.4 Å². The van der Waals surface area contributed by atoms with Gasteiger partial charge in [0.2, 0.25) is 11.8 Å². The van der Waals surface area contributed by atoms with Gasteiger partial charge in [-0.1, -0.05) is 73.0 Å². The molecule has 1 N–H and O–H groups in total. The number of nitrogens with one attached hydrogen (secondary N) is 1. The molecule has 0 aliphatic heterocycles. The molecule has 174 valence electrons. The second-order valence-electron chi connectivity index (χ2n) is 8.74. The third-order valence-corrected chi connectivity index (χ3v) is 6.59. The molecule has 4 nitrogen and oxygen atoms in total. The van der Waals surface area contributed by atoms with Crippen LogP contribution < -0.4 is 5.32 Å². The van der Waals surface area contributed by atoms with Crippen LogP contribution >= 0.6 is 11.8 Å². The minimum Gasteiger partial charge on any atom is -0.352 e. The molecular formula is C27H38N2O2S. The van der Waals surface area contributed by atoms with Crippen molar-refractivity contribution in [3.05, 3.63) is 70.3 Å². The second kappa shape index (κ2) is 12.7. The number of nitrogens with zero attached hydrogens (tertiary/aromatic N) is 1. The molecule has 0 bridgehead atoms. The van der Waals surface area contributed by atoms with E-state index in [0.29, 0.717) is 18.7 Å². The van der Waals surface area contributed by atoms with Gasteiger partial charge in [-0.05, 0) is 51.7 Å². The minimum absolute atomic E-state index is 0.00651. The van der Waals surface area contributed by atoms with E-state index in [-0.39, 0.29) is 17.9 Å². The van der Waals surface area contributed by atoms with Gasteiger partial charge in [0, 0.05) is 18.3 Å². The average Bonchev–Trinajstić information content (AvgIpc) is 2.72. The van der Waals surface area contributed by atoms with E-state index in [1.807, 2.05) is 45.9 Å². The van der Waals surface area contributed by atoms with Crippen LogP contribution in [0.15, 0.2) is 42.5 Å². The van der Waals surface area contributed by atoms with Gasteiger partial charge in [0.1, 0.15) is 6.04 Å². The Morgan fingerprint density at radius 2 is 1.59 bits per heavy atom. The lowest BCUT2D eigenvalue weighted by Crippen LogP contribution is -2.51. The zero-order valence-electron chi connectivity index (χ0n) is 20.4. The molecule has 0 aliphatic rings. The first-order valence-electron chi connectivity index (χ1n) is 11.5. The fourth-order valence-corrected chi connectivity index (χ4v) is 4.70. The molecule has 0 saturated carbocycles. The number of hydrogen-bond acceptors (Lipinski definition) is 3. The van der Waals surface area contributed by atoms with Gasteiger partial charge < -0.3 is 10.2 Å². The zero-order valence-corrected chi connectivity index (χ0v) is 21.2. The third kappa shape index (κ3) is 8.01. The first-order chi connectivity index (χ1) is 15.2. The SMILES string of the molecule is CCC(C)NC(=O)C(CC)N(Cc1cccc(C)c1)C(=O)CSCc1cc(C)cc(C)c1. The number of aryl methyl sites for hydroxylation is 3. The largest absolute Gasteiger partial charge is 0.352 e. The minimum atomic E-state index is -0.473. The lowest BCUT2D eigenvalue weighted by atomic mass is 10.1. The molecule has 0 fully saturated rings. The van der Waals surface area contributed by atoms with Crippen LogP contribution in [-0.4, -0.2) is 34.6 Å². The number of hydrogen-bond donors (Lipinski definition) is 1. The average molecular weight is 455 g/mol. The summed E-state index contributed by atoms with van der Waals surface area (Å²) in [5.41, 5.74) is 5.90. The standard InChI is InChI=1S/C27H38N2O2S/c1-7-22(6)28-27(31)25(8-2)29(16-23-11-9-10-19(3)13-23)26(30)18-32-17-24-14-20(4)12-21(5)15-24/h9-15,22,25H,7-8,16-18H2,1-6H3,(H,28,31). The molecule has 2 amide bonds. The van der Waals surface area contributed by atoms with Crippen LogP contribution in [0.25, 0.3) is 0 Å². The predicted molar refractivity (Wildman–Crippen MR) is 136 cm³/mol. The van der Waals surface area contributed by atoms with Crippen LogP contribution in [0.1, 0.15) is 61.4 Å². The summed E-state index contributed by atoms with van der Waals surface area (Å²) in [5, 5.41) is 3.07. The summed E-state index contributed by atoms with van der Waals surface area (Å²) in [4.78, 5) is 28.1. The lowest BCUT2D eigenvalue weighted by Gasteiger charge is -2.31. The van der Waals surface area contributed by atoms with Crippen molar-refractivity contribution in [2.75, 3.05) is 5.75 Å². The molecule has 0 radical (unpaired) electrons. The maximum Gasteiger partial charge on any atom is 0.243 e. The quantitative estimate of drug-likeness (QED) is 0.483. The Hall–Kier alpha value is -2.27. The van der Waals surface area contributed by atoms with Crippen molar-refractivity contribution in [2.45, 2.75) is 78.8 Å². The summed E-state index contributed by atoms with van der Waals surface area (Å²) in [6, 6.07) is 14.3. The molecule has 2 unspecified atom stereocenters. The van der Waals surface area contributed by atoms with Crippen LogP contribution in [0.5, 0.6) is 0 Å². The van der Waals surface area contributed by atoms with Gasteiger partial charge in [0.05, 0.1) is 5.75 Å². The van der Waals surface area contributed by atoms with E-state index >= 15 is 0 Å². The van der Waals surface area contributed by atoms with Gasteiger partial charge in [-0.3, -0.25) is 9.59 Å². The van der Waals surface area contributed by atoms with Crippen molar-refractivity contribution in [3.8, 4) is 0 Å². The number of thioether (sulfide) groups is 1. The highest BCUT2D eigenvalue weighted by atomic mass is 32.2. The van der Waals surface area contributed by atoms with Gasteiger partial charge in [-0.25, -0.2) is 0 Å². The first kappa shape index (κ1) is 26.0. The van der Waals surface area contributed by atoms with Gasteiger partial charge >= 0.3 is 0 Å². The van der Waals surface area contributed by atoms with E-state index in [1.54, 1.807) is 16.7 Å². The number of rotatable bonds is 11. The van der Waals surface area contributed by atoms with Crippen molar-refractivity contribution in [2.24, 2.45) is 0 Å². The van der Waals surface area contributed by atoms with Crippen molar-refractivity contribution in [1.29, 1.82) is 0 Å². The van der Waals surface area contributed by atoms with Crippen molar-refractivity contribution < 1.29 is 9.59 Å². The Morgan fingerprint density at radius 1 is 0.938 bits per heavy atom. The fraction of sp³-hybridized carbons (Fsp3) is 0.481. The van der Waals surface area contributed by atoms with Gasteiger partial charge in [-0.2, -0.15) is 0 Å². The summed E-state index contributed by atoms with van der Waals surface area (Å²) in [5.74, 6) is 1.07. The van der Waals surface area contributed by atoms with Gasteiger partial charge in [0.25, 0.3) is 0 Å². The molecule has 0 spiro atoms. The van der Waals surface area contributed by atoms with Crippen LogP contribution in [0, 0.1) is 20.8 Å². The van der Waals surface area contributed by atoms with Gasteiger partial charge in [-0.15, -0.1) is 11.8 Å². The summed E-state index contributed by atoms with van der Waals surface area (Å²) >= 11 is 1.61. The van der Waals surface area contributed by atoms with E-state index in [9.17, 15) is 9.59 Å². The van der Waals surface area contributed by atoms with Crippen molar-refractivity contribution >= 4 is 23.6 Å². The number of benzene rings is 2. The van der Waals surface area contributed by atoms with Crippen LogP contribution in [0.2, 0.25) is 0 Å². The van der Waals surface area contributed by atoms with E-state index in [2.05, 4.69) is 43.4 Å².